The van der Waals surface area contributed by atoms with Crippen LogP contribution in [0.4, 0.5) is 19.1 Å². The van der Waals surface area contributed by atoms with Gasteiger partial charge in [-0.3, -0.25) is 0 Å². The number of hydrogen-bond acceptors (Lipinski definition) is 8. The molecule has 0 spiro atoms. The number of sulfone groups is 1. The molecule has 8 nitrogen and oxygen atoms in total. The minimum absolute atomic E-state index is 0.193. The average Bonchev–Trinajstić information content (AvgIpc) is 2.91. The Bertz CT molecular complexity index is 1670. The maximum atomic E-state index is 14.9. The molecular formula is C29H30F3N5O3S. The summed E-state index contributed by atoms with van der Waals surface area (Å²) in [7, 11) is -4.31. The zero-order chi connectivity index (χ0) is 29.2. The quantitative estimate of drug-likeness (QED) is 0.259. The topological polar surface area (TPSA) is 106 Å². The van der Waals surface area contributed by atoms with Crippen LogP contribution in [-0.4, -0.2) is 54.2 Å². The first-order valence-electron chi connectivity index (χ1n) is 13.2. The van der Waals surface area contributed by atoms with Gasteiger partial charge in [0.05, 0.1) is 17.0 Å². The molecule has 4 aromatic rings. The van der Waals surface area contributed by atoms with Crippen LogP contribution in [-0.2, 0) is 15.6 Å². The molecule has 1 aliphatic heterocycles. The molecule has 216 valence electrons. The van der Waals surface area contributed by atoms with Crippen molar-refractivity contribution in [3.63, 3.8) is 0 Å². The lowest BCUT2D eigenvalue weighted by Crippen LogP contribution is -2.38. The van der Waals surface area contributed by atoms with Gasteiger partial charge in [-0.2, -0.15) is 0 Å². The van der Waals surface area contributed by atoms with Gasteiger partial charge in [0.2, 0.25) is 11.8 Å². The fraction of sp³-hybridized carbons (Fsp3) is 0.345. The molecule has 5 rings (SSSR count). The van der Waals surface area contributed by atoms with Gasteiger partial charge in [-0.25, -0.2) is 36.5 Å². The summed E-state index contributed by atoms with van der Waals surface area (Å²) in [6.45, 7) is 4.12. The van der Waals surface area contributed by atoms with Crippen LogP contribution >= 0.6 is 0 Å². The summed E-state index contributed by atoms with van der Waals surface area (Å²) in [5.74, 6) is -5.45. The van der Waals surface area contributed by atoms with E-state index in [4.69, 9.17) is 4.74 Å². The highest BCUT2D eigenvalue weighted by Gasteiger charge is 2.31. The lowest BCUT2D eigenvalue weighted by atomic mass is 10.0. The molecule has 2 aromatic carbocycles. The number of ether oxygens (including phenoxy) is 1. The van der Waals surface area contributed by atoms with Gasteiger partial charge in [0.1, 0.15) is 17.3 Å². The van der Waals surface area contributed by atoms with Gasteiger partial charge in [-0.15, -0.1) is 0 Å². The minimum Gasteiger partial charge on any atom is -0.437 e. The second-order valence-corrected chi connectivity index (χ2v) is 12.4. The highest BCUT2D eigenvalue weighted by molar-refractivity contribution is 7.90. The zero-order valence-corrected chi connectivity index (χ0v) is 23.4. The molecule has 1 fully saturated rings. The second-order valence-electron chi connectivity index (χ2n) is 10.3. The normalized spacial score (nSPS) is 16.1. The van der Waals surface area contributed by atoms with Gasteiger partial charge in [-0.05, 0) is 67.6 Å². The molecule has 0 amide bonds. The highest BCUT2D eigenvalue weighted by atomic mass is 32.2. The van der Waals surface area contributed by atoms with E-state index in [1.54, 1.807) is 49.6 Å². The lowest BCUT2D eigenvalue weighted by Gasteiger charge is -2.23. The number of benzene rings is 2. The molecule has 0 aliphatic carbocycles. The summed E-state index contributed by atoms with van der Waals surface area (Å²) in [5, 5.41) is 7.38. The first-order chi connectivity index (χ1) is 19.5. The number of hydrogen-bond donors (Lipinski definition) is 2. The number of halogens is 3. The number of nitrogens with one attached hydrogen (secondary N) is 2. The summed E-state index contributed by atoms with van der Waals surface area (Å²) >= 11 is 0. The Morgan fingerprint density at radius 3 is 2.66 bits per heavy atom. The largest absolute Gasteiger partial charge is 0.437 e. The number of rotatable bonds is 9. The Balaban J connectivity index is 1.50. The number of anilines is 1. The Morgan fingerprint density at radius 1 is 1.10 bits per heavy atom. The molecule has 0 saturated carbocycles. The molecule has 0 radical (unpaired) electrons. The summed E-state index contributed by atoms with van der Waals surface area (Å²) in [5.41, 5.74) is 1.66. The van der Waals surface area contributed by atoms with Crippen molar-refractivity contribution in [3.05, 3.63) is 71.8 Å². The van der Waals surface area contributed by atoms with E-state index in [9.17, 15) is 21.6 Å². The van der Waals surface area contributed by atoms with E-state index < -0.39 is 33.1 Å². The van der Waals surface area contributed by atoms with Crippen LogP contribution in [0, 0.1) is 12.7 Å². The lowest BCUT2D eigenvalue weighted by molar-refractivity contribution is 0.0473. The van der Waals surface area contributed by atoms with Gasteiger partial charge in [0.25, 0.3) is 5.92 Å². The summed E-state index contributed by atoms with van der Waals surface area (Å²) in [4.78, 5) is 13.4. The van der Waals surface area contributed by atoms with Crippen molar-refractivity contribution < 1.29 is 26.3 Å². The molecular weight excluding hydrogens is 555 g/mol. The molecule has 1 aliphatic rings. The maximum Gasteiger partial charge on any atom is 0.259 e. The molecule has 0 bridgehead atoms. The Morgan fingerprint density at radius 2 is 1.90 bits per heavy atom. The number of pyridine rings is 1. The zero-order valence-electron chi connectivity index (χ0n) is 22.6. The smallest absolute Gasteiger partial charge is 0.259 e. The predicted octanol–water partition coefficient (Wildman–Crippen LogP) is 5.67. The average molecular weight is 586 g/mol. The molecule has 1 atom stereocenters. The second kappa shape index (κ2) is 11.6. The number of aryl methyl sites for hydroxylation is 1. The highest BCUT2D eigenvalue weighted by Crippen LogP contribution is 2.38. The number of nitrogens with zero attached hydrogens (tertiary/aromatic N) is 3. The number of aromatic nitrogens is 3. The molecule has 2 aromatic heterocycles. The molecule has 1 saturated heterocycles. The summed E-state index contributed by atoms with van der Waals surface area (Å²) < 4.78 is 73.2. The van der Waals surface area contributed by atoms with E-state index in [2.05, 4.69) is 25.6 Å². The van der Waals surface area contributed by atoms with Gasteiger partial charge in [-0.1, -0.05) is 12.1 Å². The van der Waals surface area contributed by atoms with Crippen molar-refractivity contribution in [1.82, 2.24) is 20.3 Å². The van der Waals surface area contributed by atoms with Crippen LogP contribution in [0.25, 0.3) is 22.0 Å². The van der Waals surface area contributed by atoms with E-state index in [1.165, 1.54) is 6.07 Å². The van der Waals surface area contributed by atoms with Crippen molar-refractivity contribution in [3.8, 4) is 22.9 Å². The van der Waals surface area contributed by atoms with Crippen molar-refractivity contribution in [2.75, 3.05) is 24.2 Å². The van der Waals surface area contributed by atoms with E-state index in [-0.39, 0.29) is 22.9 Å². The van der Waals surface area contributed by atoms with E-state index in [0.717, 1.165) is 32.0 Å². The van der Waals surface area contributed by atoms with Crippen LogP contribution in [0.5, 0.6) is 11.6 Å². The minimum atomic E-state index is -4.31. The van der Waals surface area contributed by atoms with Crippen molar-refractivity contribution in [2.24, 2.45) is 0 Å². The first kappa shape index (κ1) is 28.7. The van der Waals surface area contributed by atoms with Crippen LogP contribution in [0.3, 0.4) is 0 Å². The van der Waals surface area contributed by atoms with Crippen molar-refractivity contribution >= 4 is 26.6 Å². The van der Waals surface area contributed by atoms with Gasteiger partial charge in [0.15, 0.2) is 9.84 Å². The predicted molar refractivity (Wildman–Crippen MR) is 152 cm³/mol. The molecule has 3 heterocycles. The third-order valence-corrected chi connectivity index (χ3v) is 8.45. The first-order valence-corrected chi connectivity index (χ1v) is 15.0. The maximum absolute atomic E-state index is 14.9. The third kappa shape index (κ3) is 6.94. The summed E-state index contributed by atoms with van der Waals surface area (Å²) in [6, 6.07) is 11.3. The van der Waals surface area contributed by atoms with Gasteiger partial charge in [0, 0.05) is 42.9 Å². The number of piperidine rings is 1. The standard InChI is InChI=1S/C29H30F3N5O3S/c1-18-7-8-20-21(9-10-24(30)23(20)16-41(38,39)17-29(2,31)32)26(18)40-27-22(6-4-13-34-27)25-11-14-35-28(37-25)36-19-5-3-12-33-15-19/h4,6-11,13-14,19,33H,3,5,12,15-17H2,1-2H3,(H,35,36,37)/t19-/m0/s1. The van der Waals surface area contributed by atoms with E-state index in [0.29, 0.717) is 40.8 Å². The van der Waals surface area contributed by atoms with Gasteiger partial charge < -0.3 is 15.4 Å². The van der Waals surface area contributed by atoms with Gasteiger partial charge >= 0.3 is 0 Å². The van der Waals surface area contributed by atoms with Crippen LogP contribution in [0.15, 0.2) is 54.9 Å². The Hall–Kier alpha value is -3.77. The fourth-order valence-corrected chi connectivity index (χ4v) is 6.57. The van der Waals surface area contributed by atoms with Crippen molar-refractivity contribution in [2.45, 2.75) is 44.4 Å². The van der Waals surface area contributed by atoms with E-state index in [1.807, 2.05) is 0 Å². The Kier molecular flexibility index (Phi) is 8.14. The molecule has 12 heteroatoms. The molecule has 0 unspecified atom stereocenters. The Labute approximate surface area is 236 Å². The third-order valence-electron chi connectivity index (χ3n) is 6.77. The van der Waals surface area contributed by atoms with Crippen molar-refractivity contribution in [1.29, 1.82) is 0 Å². The van der Waals surface area contributed by atoms with E-state index >= 15 is 0 Å². The summed E-state index contributed by atoms with van der Waals surface area (Å²) in [6.07, 6.45) is 5.28. The van der Waals surface area contributed by atoms with Crippen LogP contribution < -0.4 is 15.4 Å². The van der Waals surface area contributed by atoms with Crippen LogP contribution in [0.1, 0.15) is 30.9 Å². The van der Waals surface area contributed by atoms with Crippen LogP contribution in [0.2, 0.25) is 0 Å². The number of fused-ring (bicyclic) bond motifs is 1. The number of alkyl halides is 2. The fourth-order valence-electron chi connectivity index (χ4n) is 4.96. The molecule has 41 heavy (non-hydrogen) atoms. The monoisotopic (exact) mass is 585 g/mol. The molecule has 2 N–H and O–H groups in total. The SMILES string of the molecule is Cc1ccc2c(CS(=O)(=O)CC(C)(F)F)c(F)ccc2c1Oc1ncccc1-c1ccnc(N[C@H]2CCCNC2)n1.